The molecule has 0 amide bonds. The molecule has 1 rings (SSSR count). The Labute approximate surface area is 96.1 Å². The average Bonchev–Trinajstić information content (AvgIpc) is 2.42. The standard InChI is InChI=1S/C11H24N2OS/c1-9(5-6-15(4)14)12-11-7-10(2)13(3)8-11/h9-12H,5-8H2,1-4H3. The number of hydrogen-bond donors (Lipinski definition) is 1. The Morgan fingerprint density at radius 3 is 2.73 bits per heavy atom. The molecular formula is C11H24N2OS. The third-order valence-electron chi connectivity index (χ3n) is 3.24. The van der Waals surface area contributed by atoms with Crippen molar-refractivity contribution in [2.45, 2.75) is 44.8 Å². The van der Waals surface area contributed by atoms with Crippen LogP contribution in [0.5, 0.6) is 0 Å². The van der Waals surface area contributed by atoms with Crippen LogP contribution in [0.3, 0.4) is 0 Å². The number of likely N-dealkylation sites (N-methyl/N-ethyl adjacent to an activating group) is 1. The van der Waals surface area contributed by atoms with Crippen LogP contribution in [-0.4, -0.2) is 52.8 Å². The van der Waals surface area contributed by atoms with Crippen molar-refractivity contribution in [2.75, 3.05) is 25.6 Å². The minimum atomic E-state index is -0.654. The fourth-order valence-electron chi connectivity index (χ4n) is 2.14. The Balaban J connectivity index is 2.21. The Morgan fingerprint density at radius 2 is 2.27 bits per heavy atom. The molecule has 1 heterocycles. The van der Waals surface area contributed by atoms with Gasteiger partial charge in [0.1, 0.15) is 0 Å². The number of nitrogens with one attached hydrogen (secondary N) is 1. The van der Waals surface area contributed by atoms with E-state index < -0.39 is 10.8 Å². The van der Waals surface area contributed by atoms with Gasteiger partial charge in [-0.1, -0.05) is 0 Å². The van der Waals surface area contributed by atoms with E-state index in [0.29, 0.717) is 18.1 Å². The van der Waals surface area contributed by atoms with Crippen molar-refractivity contribution >= 4 is 10.8 Å². The van der Waals surface area contributed by atoms with Crippen molar-refractivity contribution in [3.05, 3.63) is 0 Å². The summed E-state index contributed by atoms with van der Waals surface area (Å²) in [5.41, 5.74) is 0. The van der Waals surface area contributed by atoms with Crippen molar-refractivity contribution in [1.82, 2.24) is 10.2 Å². The van der Waals surface area contributed by atoms with Gasteiger partial charge in [0.15, 0.2) is 0 Å². The van der Waals surface area contributed by atoms with Gasteiger partial charge in [-0.05, 0) is 33.7 Å². The van der Waals surface area contributed by atoms with Crippen LogP contribution >= 0.6 is 0 Å². The highest BCUT2D eigenvalue weighted by atomic mass is 32.2. The van der Waals surface area contributed by atoms with Gasteiger partial charge in [-0.15, -0.1) is 0 Å². The molecule has 15 heavy (non-hydrogen) atoms. The molecule has 3 nitrogen and oxygen atoms in total. The van der Waals surface area contributed by atoms with Gasteiger partial charge >= 0.3 is 0 Å². The van der Waals surface area contributed by atoms with Crippen LogP contribution in [-0.2, 0) is 10.8 Å². The highest BCUT2D eigenvalue weighted by molar-refractivity contribution is 7.84. The lowest BCUT2D eigenvalue weighted by Gasteiger charge is -2.18. The Kier molecular flexibility index (Phi) is 5.23. The van der Waals surface area contributed by atoms with Gasteiger partial charge < -0.3 is 10.2 Å². The zero-order valence-corrected chi connectivity index (χ0v) is 11.1. The van der Waals surface area contributed by atoms with Gasteiger partial charge in [0.25, 0.3) is 0 Å². The second-order valence-electron chi connectivity index (χ2n) is 4.85. The molecule has 1 saturated heterocycles. The summed E-state index contributed by atoms with van der Waals surface area (Å²) in [6.45, 7) is 5.60. The quantitative estimate of drug-likeness (QED) is 0.762. The van der Waals surface area contributed by atoms with Crippen LogP contribution < -0.4 is 5.32 Å². The van der Waals surface area contributed by atoms with Gasteiger partial charge in [-0.25, -0.2) is 0 Å². The molecule has 4 unspecified atom stereocenters. The molecule has 0 aromatic heterocycles. The van der Waals surface area contributed by atoms with Crippen molar-refractivity contribution in [1.29, 1.82) is 0 Å². The minimum absolute atomic E-state index is 0.484. The van der Waals surface area contributed by atoms with Crippen LogP contribution in [0.1, 0.15) is 26.7 Å². The van der Waals surface area contributed by atoms with Crippen molar-refractivity contribution in [3.8, 4) is 0 Å². The molecule has 90 valence electrons. The van der Waals surface area contributed by atoms with E-state index in [9.17, 15) is 4.21 Å². The van der Waals surface area contributed by atoms with E-state index >= 15 is 0 Å². The summed E-state index contributed by atoms with van der Waals surface area (Å²) in [5, 5.41) is 3.62. The fraction of sp³-hybridized carbons (Fsp3) is 1.00. The van der Waals surface area contributed by atoms with Gasteiger partial charge in [0.2, 0.25) is 0 Å². The Bertz CT molecular complexity index is 213. The predicted octanol–water partition coefficient (Wildman–Crippen LogP) is 0.826. The summed E-state index contributed by atoms with van der Waals surface area (Å²) in [7, 11) is 1.53. The molecule has 0 bridgehead atoms. The van der Waals surface area contributed by atoms with Gasteiger partial charge in [-0.3, -0.25) is 4.21 Å². The van der Waals surface area contributed by atoms with E-state index in [-0.39, 0.29) is 0 Å². The average molecular weight is 232 g/mol. The normalized spacial score (nSPS) is 31.7. The van der Waals surface area contributed by atoms with Crippen molar-refractivity contribution < 1.29 is 4.21 Å². The molecule has 0 radical (unpaired) electrons. The molecule has 1 aliphatic heterocycles. The first-order valence-electron chi connectivity index (χ1n) is 5.75. The Hall–Kier alpha value is 0.0700. The fourth-order valence-corrected chi connectivity index (χ4v) is 2.83. The first kappa shape index (κ1) is 13.1. The van der Waals surface area contributed by atoms with E-state index in [1.807, 2.05) is 0 Å². The molecule has 0 aromatic rings. The number of hydrogen-bond acceptors (Lipinski definition) is 3. The van der Waals surface area contributed by atoms with Crippen LogP contribution in [0.15, 0.2) is 0 Å². The lowest BCUT2D eigenvalue weighted by atomic mass is 10.1. The van der Waals surface area contributed by atoms with Crippen LogP contribution in [0.2, 0.25) is 0 Å². The van der Waals surface area contributed by atoms with Crippen molar-refractivity contribution in [2.24, 2.45) is 0 Å². The summed E-state index contributed by atoms with van der Waals surface area (Å²) < 4.78 is 11.0. The first-order chi connectivity index (χ1) is 6.99. The van der Waals surface area contributed by atoms with E-state index in [0.717, 1.165) is 18.7 Å². The summed E-state index contributed by atoms with van der Waals surface area (Å²) in [6.07, 6.45) is 4.02. The van der Waals surface area contributed by atoms with Crippen LogP contribution in [0.25, 0.3) is 0 Å². The maximum atomic E-state index is 11.0. The SMILES string of the molecule is CC(CCS(C)=O)NC1CC(C)N(C)C1. The zero-order valence-electron chi connectivity index (χ0n) is 10.3. The van der Waals surface area contributed by atoms with E-state index in [4.69, 9.17) is 0 Å². The summed E-state index contributed by atoms with van der Waals surface area (Å²) >= 11 is 0. The maximum Gasteiger partial charge on any atom is 0.0246 e. The molecule has 1 aliphatic rings. The summed E-state index contributed by atoms with van der Waals surface area (Å²) in [5.74, 6) is 0.812. The maximum absolute atomic E-state index is 11.0. The number of likely N-dealkylation sites (tertiary alicyclic amines) is 1. The zero-order chi connectivity index (χ0) is 11.4. The smallest absolute Gasteiger partial charge is 0.0246 e. The topological polar surface area (TPSA) is 32.3 Å². The monoisotopic (exact) mass is 232 g/mol. The van der Waals surface area contributed by atoms with Gasteiger partial charge in [0, 0.05) is 47.5 Å². The van der Waals surface area contributed by atoms with E-state index in [1.165, 1.54) is 6.42 Å². The summed E-state index contributed by atoms with van der Waals surface area (Å²) in [6, 6.07) is 1.79. The largest absolute Gasteiger partial charge is 0.310 e. The van der Waals surface area contributed by atoms with Crippen molar-refractivity contribution in [3.63, 3.8) is 0 Å². The van der Waals surface area contributed by atoms with Crippen LogP contribution in [0.4, 0.5) is 0 Å². The molecule has 0 aromatic carbocycles. The second-order valence-corrected chi connectivity index (χ2v) is 6.41. The molecule has 0 aliphatic carbocycles. The summed E-state index contributed by atoms with van der Waals surface area (Å²) in [4.78, 5) is 2.39. The number of rotatable bonds is 5. The highest BCUT2D eigenvalue weighted by Gasteiger charge is 2.26. The van der Waals surface area contributed by atoms with E-state index in [1.54, 1.807) is 6.26 Å². The van der Waals surface area contributed by atoms with Crippen LogP contribution in [0, 0.1) is 0 Å². The number of nitrogens with zero attached hydrogens (tertiary/aromatic N) is 1. The van der Waals surface area contributed by atoms with E-state index in [2.05, 4.69) is 31.1 Å². The lowest BCUT2D eigenvalue weighted by Crippen LogP contribution is -2.38. The minimum Gasteiger partial charge on any atom is -0.310 e. The third kappa shape index (κ3) is 4.62. The molecule has 0 saturated carbocycles. The highest BCUT2D eigenvalue weighted by Crippen LogP contribution is 2.15. The molecule has 1 fully saturated rings. The Morgan fingerprint density at radius 1 is 1.60 bits per heavy atom. The van der Waals surface area contributed by atoms with Gasteiger partial charge in [0.05, 0.1) is 0 Å². The molecule has 0 spiro atoms. The molecular weight excluding hydrogens is 208 g/mol. The van der Waals surface area contributed by atoms with Gasteiger partial charge in [-0.2, -0.15) is 0 Å². The predicted molar refractivity (Wildman–Crippen MR) is 66.6 cm³/mol. The second kappa shape index (κ2) is 5.97. The first-order valence-corrected chi connectivity index (χ1v) is 7.48. The molecule has 4 atom stereocenters. The lowest BCUT2D eigenvalue weighted by molar-refractivity contribution is 0.324. The molecule has 1 N–H and O–H groups in total. The molecule has 4 heteroatoms. The third-order valence-corrected chi connectivity index (χ3v) is 4.06.